The summed E-state index contributed by atoms with van der Waals surface area (Å²) < 4.78 is 5.27. The maximum atomic E-state index is 11.6. The van der Waals surface area contributed by atoms with Crippen LogP contribution in [0, 0.1) is 13.8 Å². The fourth-order valence-electron chi connectivity index (χ4n) is 3.02. The van der Waals surface area contributed by atoms with Crippen LogP contribution in [0.4, 0.5) is 5.69 Å². The fraction of sp³-hybridized carbons (Fsp3) is 0.278. The molecular weight excluding hydrogens is 276 g/mol. The summed E-state index contributed by atoms with van der Waals surface area (Å²) in [5.74, 6) is 0.838. The van der Waals surface area contributed by atoms with Crippen molar-refractivity contribution >= 4 is 11.6 Å². The van der Waals surface area contributed by atoms with Crippen molar-refractivity contribution in [1.29, 1.82) is 0 Å². The summed E-state index contributed by atoms with van der Waals surface area (Å²) in [7, 11) is 1.65. The molecule has 0 saturated heterocycles. The van der Waals surface area contributed by atoms with Crippen LogP contribution in [0.3, 0.4) is 0 Å². The predicted octanol–water partition coefficient (Wildman–Crippen LogP) is 2.85. The molecule has 1 unspecified atom stereocenters. The summed E-state index contributed by atoms with van der Waals surface area (Å²) in [6, 6.07) is 9.61. The van der Waals surface area contributed by atoms with Gasteiger partial charge in [-0.05, 0) is 53.8 Å². The molecule has 3 rings (SSSR count). The van der Waals surface area contributed by atoms with Crippen LogP contribution in [0.15, 0.2) is 30.3 Å². The van der Waals surface area contributed by atoms with Gasteiger partial charge in [0.25, 0.3) is 0 Å². The Morgan fingerprint density at radius 1 is 1.23 bits per heavy atom. The molecule has 0 radical (unpaired) electrons. The molecule has 4 heteroatoms. The molecule has 114 valence electrons. The first kappa shape index (κ1) is 14.6. The third-order valence-electron chi connectivity index (χ3n) is 4.42. The first-order valence-electron chi connectivity index (χ1n) is 7.33. The SMILES string of the molecule is COc1cccc(C(N)c2cc3c(c(C)c2C)NC(=O)C3)c1. The number of amides is 1. The molecular formula is C18H20N2O2. The van der Waals surface area contributed by atoms with Gasteiger partial charge in [-0.25, -0.2) is 0 Å². The number of hydrogen-bond acceptors (Lipinski definition) is 3. The second-order valence-electron chi connectivity index (χ2n) is 5.73. The minimum Gasteiger partial charge on any atom is -0.497 e. The molecule has 4 nitrogen and oxygen atoms in total. The van der Waals surface area contributed by atoms with Gasteiger partial charge in [0.05, 0.1) is 19.6 Å². The van der Waals surface area contributed by atoms with Gasteiger partial charge in [0, 0.05) is 5.69 Å². The van der Waals surface area contributed by atoms with Crippen molar-refractivity contribution in [2.45, 2.75) is 26.3 Å². The Balaban J connectivity index is 2.06. The van der Waals surface area contributed by atoms with Crippen molar-refractivity contribution in [2.24, 2.45) is 5.73 Å². The minimum absolute atomic E-state index is 0.0459. The van der Waals surface area contributed by atoms with Gasteiger partial charge >= 0.3 is 0 Å². The molecule has 1 aliphatic rings. The van der Waals surface area contributed by atoms with Crippen molar-refractivity contribution in [1.82, 2.24) is 0 Å². The van der Waals surface area contributed by atoms with Gasteiger partial charge in [0.2, 0.25) is 5.91 Å². The van der Waals surface area contributed by atoms with Gasteiger partial charge in [-0.1, -0.05) is 18.2 Å². The summed E-state index contributed by atoms with van der Waals surface area (Å²) in [6.07, 6.45) is 0.425. The van der Waals surface area contributed by atoms with Gasteiger partial charge in [0.1, 0.15) is 5.75 Å². The molecule has 0 aromatic heterocycles. The van der Waals surface area contributed by atoms with E-state index in [2.05, 4.69) is 18.3 Å². The van der Waals surface area contributed by atoms with E-state index in [4.69, 9.17) is 10.5 Å². The van der Waals surface area contributed by atoms with E-state index in [1.54, 1.807) is 7.11 Å². The number of hydrogen-bond donors (Lipinski definition) is 2. The number of ether oxygens (including phenoxy) is 1. The summed E-state index contributed by atoms with van der Waals surface area (Å²) in [6.45, 7) is 4.08. The van der Waals surface area contributed by atoms with Crippen LogP contribution < -0.4 is 15.8 Å². The zero-order valence-corrected chi connectivity index (χ0v) is 13.1. The average molecular weight is 296 g/mol. The lowest BCUT2D eigenvalue weighted by Gasteiger charge is -2.19. The Morgan fingerprint density at radius 2 is 2.00 bits per heavy atom. The minimum atomic E-state index is -0.241. The molecule has 0 fully saturated rings. The summed E-state index contributed by atoms with van der Waals surface area (Å²) >= 11 is 0. The highest BCUT2D eigenvalue weighted by molar-refractivity contribution is 6.00. The van der Waals surface area contributed by atoms with Crippen LogP contribution in [-0.2, 0) is 11.2 Å². The number of nitrogens with two attached hydrogens (primary N) is 1. The van der Waals surface area contributed by atoms with E-state index in [1.807, 2.05) is 31.2 Å². The molecule has 0 saturated carbocycles. The highest BCUT2D eigenvalue weighted by Crippen LogP contribution is 2.35. The molecule has 22 heavy (non-hydrogen) atoms. The van der Waals surface area contributed by atoms with Gasteiger partial charge in [-0.15, -0.1) is 0 Å². The predicted molar refractivity (Wildman–Crippen MR) is 87.3 cm³/mol. The average Bonchev–Trinajstić information content (AvgIpc) is 2.91. The molecule has 1 heterocycles. The molecule has 0 spiro atoms. The summed E-state index contributed by atoms with van der Waals surface area (Å²) in [5, 5.41) is 2.93. The molecule has 2 aromatic rings. The van der Waals surface area contributed by atoms with Gasteiger partial charge < -0.3 is 15.8 Å². The Labute approximate surface area is 130 Å². The Bertz CT molecular complexity index is 753. The Morgan fingerprint density at radius 3 is 2.73 bits per heavy atom. The maximum absolute atomic E-state index is 11.6. The number of benzene rings is 2. The van der Waals surface area contributed by atoms with E-state index < -0.39 is 0 Å². The lowest BCUT2D eigenvalue weighted by Crippen LogP contribution is -2.14. The fourth-order valence-corrected chi connectivity index (χ4v) is 3.02. The highest BCUT2D eigenvalue weighted by atomic mass is 16.5. The second kappa shape index (κ2) is 5.46. The number of carbonyl (C=O) groups is 1. The third kappa shape index (κ3) is 2.35. The van der Waals surface area contributed by atoms with Crippen LogP contribution in [0.5, 0.6) is 5.75 Å². The van der Waals surface area contributed by atoms with Crippen LogP contribution in [-0.4, -0.2) is 13.0 Å². The third-order valence-corrected chi connectivity index (χ3v) is 4.42. The number of rotatable bonds is 3. The van der Waals surface area contributed by atoms with E-state index in [1.165, 1.54) is 0 Å². The first-order chi connectivity index (χ1) is 10.5. The number of carbonyl (C=O) groups excluding carboxylic acids is 1. The maximum Gasteiger partial charge on any atom is 0.228 e. The normalized spacial score (nSPS) is 14.5. The Hall–Kier alpha value is -2.33. The molecule has 1 amide bonds. The van der Waals surface area contributed by atoms with Crippen molar-refractivity contribution in [3.63, 3.8) is 0 Å². The molecule has 0 bridgehead atoms. The largest absolute Gasteiger partial charge is 0.497 e. The van der Waals surface area contributed by atoms with Crippen molar-refractivity contribution < 1.29 is 9.53 Å². The highest BCUT2D eigenvalue weighted by Gasteiger charge is 2.24. The van der Waals surface area contributed by atoms with Crippen LogP contribution in [0.1, 0.15) is 33.9 Å². The Kier molecular flexibility index (Phi) is 3.62. The topological polar surface area (TPSA) is 64.3 Å². The van der Waals surface area contributed by atoms with Crippen molar-refractivity contribution in [3.05, 3.63) is 58.1 Å². The molecule has 1 atom stereocenters. The van der Waals surface area contributed by atoms with Crippen molar-refractivity contribution in [2.75, 3.05) is 12.4 Å². The number of fused-ring (bicyclic) bond motifs is 1. The second-order valence-corrected chi connectivity index (χ2v) is 5.73. The zero-order valence-electron chi connectivity index (χ0n) is 13.1. The number of methoxy groups -OCH3 is 1. The molecule has 2 aromatic carbocycles. The first-order valence-corrected chi connectivity index (χ1v) is 7.33. The molecule has 0 aliphatic carbocycles. The summed E-state index contributed by atoms with van der Waals surface area (Å²) in [5.41, 5.74) is 12.7. The zero-order chi connectivity index (χ0) is 15.9. The summed E-state index contributed by atoms with van der Waals surface area (Å²) in [4.78, 5) is 11.6. The van der Waals surface area contributed by atoms with E-state index in [0.717, 1.165) is 39.3 Å². The standard InChI is InChI=1S/C18H20N2O2/c1-10-11(2)18-13(9-16(21)20-18)8-15(10)17(19)12-5-4-6-14(7-12)22-3/h4-8,17H,9,19H2,1-3H3,(H,20,21). The van der Waals surface area contributed by atoms with Gasteiger partial charge in [-0.3, -0.25) is 4.79 Å². The number of anilines is 1. The lowest BCUT2D eigenvalue weighted by molar-refractivity contribution is -0.115. The van der Waals surface area contributed by atoms with Crippen LogP contribution >= 0.6 is 0 Å². The van der Waals surface area contributed by atoms with Crippen LogP contribution in [0.25, 0.3) is 0 Å². The van der Waals surface area contributed by atoms with Crippen LogP contribution in [0.2, 0.25) is 0 Å². The van der Waals surface area contributed by atoms with E-state index in [0.29, 0.717) is 6.42 Å². The molecule has 3 N–H and O–H groups in total. The van der Waals surface area contributed by atoms with Crippen molar-refractivity contribution in [3.8, 4) is 5.75 Å². The van der Waals surface area contributed by atoms with E-state index in [-0.39, 0.29) is 11.9 Å². The smallest absolute Gasteiger partial charge is 0.228 e. The van der Waals surface area contributed by atoms with Gasteiger partial charge in [0.15, 0.2) is 0 Å². The van der Waals surface area contributed by atoms with E-state index >= 15 is 0 Å². The molecule has 1 aliphatic heterocycles. The quantitative estimate of drug-likeness (QED) is 0.915. The monoisotopic (exact) mass is 296 g/mol. The number of nitrogens with one attached hydrogen (secondary N) is 1. The van der Waals surface area contributed by atoms with E-state index in [9.17, 15) is 4.79 Å². The van der Waals surface area contributed by atoms with Gasteiger partial charge in [-0.2, -0.15) is 0 Å². The lowest BCUT2D eigenvalue weighted by atomic mass is 9.90.